The molecule has 0 aliphatic heterocycles. The monoisotopic (exact) mass is 366 g/mol. The first kappa shape index (κ1) is 15.9. The van der Waals surface area contributed by atoms with Crippen LogP contribution in [0.1, 0.15) is 11.4 Å². The molecule has 1 heterocycles. The molecule has 0 unspecified atom stereocenters. The number of aromatic amines is 1. The number of H-pyrrole nitrogens is 1. The number of aromatic nitrogens is 2. The van der Waals surface area contributed by atoms with Gasteiger partial charge in [0.25, 0.3) is 5.56 Å². The molecule has 5 heteroatoms. The van der Waals surface area contributed by atoms with Gasteiger partial charge in [-0.25, -0.2) is 4.98 Å². The second-order valence-corrected chi connectivity index (χ2v) is 6.52. The van der Waals surface area contributed by atoms with Crippen LogP contribution in [0.5, 0.6) is 0 Å². The van der Waals surface area contributed by atoms with Gasteiger partial charge in [0.2, 0.25) is 0 Å². The van der Waals surface area contributed by atoms with Gasteiger partial charge in [-0.1, -0.05) is 59.6 Å². The van der Waals surface area contributed by atoms with Crippen LogP contribution in [0.15, 0.2) is 65.5 Å². The van der Waals surface area contributed by atoms with Crippen molar-refractivity contribution in [2.75, 3.05) is 0 Å². The van der Waals surface area contributed by atoms with Gasteiger partial charge in [-0.05, 0) is 46.7 Å². The van der Waals surface area contributed by atoms with Crippen LogP contribution in [0.2, 0.25) is 5.02 Å². The summed E-state index contributed by atoms with van der Waals surface area (Å²) in [6, 6.07) is 19.1. The maximum absolute atomic E-state index is 12.2. The number of hydrogen-bond donors (Lipinski definition) is 1. The molecule has 4 aromatic rings. The number of rotatable bonds is 2. The van der Waals surface area contributed by atoms with Crippen LogP contribution in [-0.2, 0) is 0 Å². The van der Waals surface area contributed by atoms with Gasteiger partial charge >= 0.3 is 0 Å². The SMILES string of the molecule is O=c1[nH]c(/C(Cl)=C/c2ccc3ccccc3c2)nc2ccc(Cl)cc12. The fourth-order valence-corrected chi connectivity index (χ4v) is 3.12. The largest absolute Gasteiger partial charge is 0.305 e. The zero-order valence-electron chi connectivity index (χ0n) is 13.0. The standard InChI is InChI=1S/C20H12Cl2N2O/c21-15-7-8-18-16(11-15)20(25)24-19(23-18)17(22)10-12-5-6-13-3-1-2-4-14(13)9-12/h1-11H,(H,23,24,25)/b17-10-. The van der Waals surface area contributed by atoms with Crippen molar-refractivity contribution in [1.29, 1.82) is 0 Å². The van der Waals surface area contributed by atoms with Gasteiger partial charge in [-0.15, -0.1) is 0 Å². The topological polar surface area (TPSA) is 45.8 Å². The minimum Gasteiger partial charge on any atom is -0.305 e. The molecule has 25 heavy (non-hydrogen) atoms. The minimum atomic E-state index is -0.271. The molecular weight excluding hydrogens is 355 g/mol. The third-order valence-electron chi connectivity index (χ3n) is 3.96. The number of nitrogens with zero attached hydrogens (tertiary/aromatic N) is 1. The molecule has 0 aliphatic carbocycles. The van der Waals surface area contributed by atoms with Crippen LogP contribution < -0.4 is 5.56 Å². The van der Waals surface area contributed by atoms with E-state index in [1.54, 1.807) is 24.3 Å². The van der Waals surface area contributed by atoms with E-state index in [9.17, 15) is 4.79 Å². The molecule has 4 rings (SSSR count). The van der Waals surface area contributed by atoms with Crippen molar-refractivity contribution in [2.24, 2.45) is 0 Å². The van der Waals surface area contributed by atoms with Gasteiger partial charge in [0.15, 0.2) is 5.82 Å². The minimum absolute atomic E-state index is 0.271. The fourth-order valence-electron chi connectivity index (χ4n) is 2.74. The first-order valence-electron chi connectivity index (χ1n) is 7.66. The highest BCUT2D eigenvalue weighted by atomic mass is 35.5. The molecule has 0 spiro atoms. The first-order chi connectivity index (χ1) is 12.1. The van der Waals surface area contributed by atoms with Gasteiger partial charge < -0.3 is 4.98 Å². The average Bonchev–Trinajstić information content (AvgIpc) is 2.62. The van der Waals surface area contributed by atoms with E-state index in [4.69, 9.17) is 23.2 Å². The Labute approximate surface area is 153 Å². The third-order valence-corrected chi connectivity index (χ3v) is 4.48. The molecule has 0 amide bonds. The van der Waals surface area contributed by atoms with Crippen molar-refractivity contribution < 1.29 is 0 Å². The van der Waals surface area contributed by atoms with E-state index >= 15 is 0 Å². The molecule has 0 saturated heterocycles. The Hall–Kier alpha value is -2.62. The Balaban J connectivity index is 1.79. The molecule has 0 aliphatic rings. The summed E-state index contributed by atoms with van der Waals surface area (Å²) in [5.74, 6) is 0.328. The molecule has 3 nitrogen and oxygen atoms in total. The molecule has 3 aromatic carbocycles. The highest BCUT2D eigenvalue weighted by Crippen LogP contribution is 2.23. The second kappa shape index (κ2) is 6.36. The smallest absolute Gasteiger partial charge is 0.259 e. The molecule has 122 valence electrons. The second-order valence-electron chi connectivity index (χ2n) is 5.67. The summed E-state index contributed by atoms with van der Waals surface area (Å²) in [6.45, 7) is 0. The number of fused-ring (bicyclic) bond motifs is 2. The van der Waals surface area contributed by atoms with Crippen molar-refractivity contribution in [3.05, 3.63) is 87.4 Å². The van der Waals surface area contributed by atoms with E-state index < -0.39 is 0 Å². The van der Waals surface area contributed by atoms with Crippen LogP contribution in [0.25, 0.3) is 32.8 Å². The summed E-state index contributed by atoms with van der Waals surface area (Å²) in [6.07, 6.45) is 1.79. The van der Waals surface area contributed by atoms with Gasteiger partial charge in [0, 0.05) is 5.02 Å². The van der Waals surface area contributed by atoms with Gasteiger partial charge in [-0.3, -0.25) is 4.79 Å². The molecule has 1 N–H and O–H groups in total. The summed E-state index contributed by atoms with van der Waals surface area (Å²) in [5.41, 5.74) is 1.21. The summed E-state index contributed by atoms with van der Waals surface area (Å²) in [4.78, 5) is 19.4. The molecular formula is C20H12Cl2N2O. The lowest BCUT2D eigenvalue weighted by atomic mass is 10.1. The fraction of sp³-hybridized carbons (Fsp3) is 0. The number of benzene rings is 3. The van der Waals surface area contributed by atoms with Crippen LogP contribution in [0.4, 0.5) is 0 Å². The van der Waals surface area contributed by atoms with Crippen molar-refractivity contribution in [3.8, 4) is 0 Å². The molecule has 0 fully saturated rings. The van der Waals surface area contributed by atoms with Gasteiger partial charge in [0.05, 0.1) is 15.9 Å². The van der Waals surface area contributed by atoms with Crippen molar-refractivity contribution >= 4 is 56.0 Å². The number of hydrogen-bond acceptors (Lipinski definition) is 2. The van der Waals surface area contributed by atoms with Crippen LogP contribution >= 0.6 is 23.2 Å². The van der Waals surface area contributed by atoms with Gasteiger partial charge in [0.1, 0.15) is 0 Å². The lowest BCUT2D eigenvalue weighted by molar-refractivity contribution is 1.14. The van der Waals surface area contributed by atoms with E-state index in [1.807, 2.05) is 36.4 Å². The Morgan fingerprint density at radius 1 is 1.00 bits per heavy atom. The predicted molar refractivity (Wildman–Crippen MR) is 105 cm³/mol. The first-order valence-corrected chi connectivity index (χ1v) is 8.42. The van der Waals surface area contributed by atoms with Crippen LogP contribution in [-0.4, -0.2) is 9.97 Å². The maximum atomic E-state index is 12.2. The zero-order valence-corrected chi connectivity index (χ0v) is 14.5. The average molecular weight is 367 g/mol. The highest BCUT2D eigenvalue weighted by molar-refractivity contribution is 6.50. The summed E-state index contributed by atoms with van der Waals surface area (Å²) in [7, 11) is 0. The molecule has 1 aromatic heterocycles. The Kier molecular flexibility index (Phi) is 4.04. The lowest BCUT2D eigenvalue weighted by Crippen LogP contribution is -2.10. The third kappa shape index (κ3) is 3.16. The van der Waals surface area contributed by atoms with Crippen molar-refractivity contribution in [1.82, 2.24) is 9.97 Å². The van der Waals surface area contributed by atoms with E-state index in [2.05, 4.69) is 16.0 Å². The molecule has 0 saturated carbocycles. The molecule has 0 atom stereocenters. The van der Waals surface area contributed by atoms with E-state index in [0.717, 1.165) is 16.3 Å². The predicted octanol–water partition coefficient (Wildman–Crippen LogP) is 5.47. The lowest BCUT2D eigenvalue weighted by Gasteiger charge is -2.04. The zero-order chi connectivity index (χ0) is 17.4. The maximum Gasteiger partial charge on any atom is 0.259 e. The van der Waals surface area contributed by atoms with Crippen LogP contribution in [0.3, 0.4) is 0 Å². The normalized spacial score (nSPS) is 12.0. The van der Waals surface area contributed by atoms with Crippen molar-refractivity contribution in [2.45, 2.75) is 0 Å². The number of halogens is 2. The quantitative estimate of drug-likeness (QED) is 0.511. The number of nitrogens with one attached hydrogen (secondary N) is 1. The summed E-state index contributed by atoms with van der Waals surface area (Å²) in [5, 5.41) is 3.57. The highest BCUT2D eigenvalue weighted by Gasteiger charge is 2.07. The Morgan fingerprint density at radius 2 is 1.80 bits per heavy atom. The summed E-state index contributed by atoms with van der Waals surface area (Å²) < 4.78 is 0. The van der Waals surface area contributed by atoms with Gasteiger partial charge in [-0.2, -0.15) is 0 Å². The molecule has 0 bridgehead atoms. The Bertz CT molecular complexity index is 1200. The molecule has 0 radical (unpaired) electrons. The Morgan fingerprint density at radius 3 is 2.64 bits per heavy atom. The van der Waals surface area contributed by atoms with Crippen molar-refractivity contribution in [3.63, 3.8) is 0 Å². The van der Waals surface area contributed by atoms with E-state index in [1.165, 1.54) is 0 Å². The van der Waals surface area contributed by atoms with E-state index in [0.29, 0.717) is 26.8 Å². The van der Waals surface area contributed by atoms with E-state index in [-0.39, 0.29) is 5.56 Å². The van der Waals surface area contributed by atoms with Crippen LogP contribution in [0, 0.1) is 0 Å². The summed E-state index contributed by atoms with van der Waals surface area (Å²) >= 11 is 12.3.